The van der Waals surface area contributed by atoms with Gasteiger partial charge in [-0.15, -0.1) is 0 Å². The molecule has 2 atom stereocenters. The molecular formula is C28H30N2O2S. The van der Waals surface area contributed by atoms with Crippen molar-refractivity contribution in [2.24, 2.45) is 11.1 Å². The summed E-state index contributed by atoms with van der Waals surface area (Å²) >= 11 is 0. The SMILES string of the molecule is CC1(C)CC(c2cc3ccccc3n2S(=O)(=O)c2ccccc2)CCC1(N)c1ccccc1. The first-order chi connectivity index (χ1) is 15.7. The molecule has 0 aliphatic heterocycles. The molecule has 0 bridgehead atoms. The normalized spacial score (nSPS) is 22.9. The largest absolute Gasteiger partial charge is 0.321 e. The van der Waals surface area contributed by atoms with Crippen LogP contribution in [0.1, 0.15) is 50.3 Å². The highest BCUT2D eigenvalue weighted by molar-refractivity contribution is 7.90. The topological polar surface area (TPSA) is 65.1 Å². The fraction of sp³-hybridized carbons (Fsp3) is 0.286. The minimum absolute atomic E-state index is 0.0891. The zero-order valence-corrected chi connectivity index (χ0v) is 19.9. The van der Waals surface area contributed by atoms with Crippen molar-refractivity contribution in [1.82, 2.24) is 3.97 Å². The number of hydrogen-bond acceptors (Lipinski definition) is 3. The lowest BCUT2D eigenvalue weighted by atomic mass is 9.58. The zero-order chi connectivity index (χ0) is 23.3. The summed E-state index contributed by atoms with van der Waals surface area (Å²) in [7, 11) is -3.73. The average molecular weight is 459 g/mol. The summed E-state index contributed by atoms with van der Waals surface area (Å²) in [6, 6.07) is 28.8. The molecule has 1 heterocycles. The van der Waals surface area contributed by atoms with Gasteiger partial charge in [0.25, 0.3) is 10.0 Å². The Balaban J connectivity index is 1.62. The van der Waals surface area contributed by atoms with E-state index in [0.29, 0.717) is 4.90 Å². The molecule has 170 valence electrons. The summed E-state index contributed by atoms with van der Waals surface area (Å²) < 4.78 is 29.2. The van der Waals surface area contributed by atoms with Crippen molar-refractivity contribution >= 4 is 20.9 Å². The third-order valence-corrected chi connectivity index (χ3v) is 9.29. The lowest BCUT2D eigenvalue weighted by Crippen LogP contribution is -2.53. The Morgan fingerprint density at radius 2 is 1.48 bits per heavy atom. The van der Waals surface area contributed by atoms with Crippen LogP contribution in [0.3, 0.4) is 0 Å². The molecule has 1 aliphatic rings. The highest BCUT2D eigenvalue weighted by atomic mass is 32.2. The minimum atomic E-state index is -3.73. The first-order valence-electron chi connectivity index (χ1n) is 11.5. The fourth-order valence-corrected chi connectivity index (χ4v) is 7.18. The number of fused-ring (bicyclic) bond motifs is 1. The summed E-state index contributed by atoms with van der Waals surface area (Å²) in [5, 5.41) is 0.942. The van der Waals surface area contributed by atoms with Crippen molar-refractivity contribution in [1.29, 1.82) is 0 Å². The van der Waals surface area contributed by atoms with Gasteiger partial charge in [-0.3, -0.25) is 0 Å². The van der Waals surface area contributed by atoms with E-state index >= 15 is 0 Å². The standard InChI is InChI=1S/C28H30N2O2S/c1-27(2)20-22(17-18-28(27,29)23-12-5-3-6-13-23)26-19-21-11-9-10-16-25(21)30(26)33(31,32)24-14-7-4-8-15-24/h3-16,19,22H,17-18,20,29H2,1-2H3. The predicted molar refractivity (Wildman–Crippen MR) is 134 cm³/mol. The maximum Gasteiger partial charge on any atom is 0.268 e. The van der Waals surface area contributed by atoms with Crippen LogP contribution in [-0.4, -0.2) is 12.4 Å². The van der Waals surface area contributed by atoms with Gasteiger partial charge in [-0.05, 0) is 54.5 Å². The molecule has 1 saturated carbocycles. The van der Waals surface area contributed by atoms with Gasteiger partial charge in [0.15, 0.2) is 0 Å². The van der Waals surface area contributed by atoms with Crippen molar-refractivity contribution < 1.29 is 8.42 Å². The quantitative estimate of drug-likeness (QED) is 0.406. The minimum Gasteiger partial charge on any atom is -0.321 e. The van der Waals surface area contributed by atoms with Crippen LogP contribution in [0.15, 0.2) is 95.9 Å². The molecule has 2 unspecified atom stereocenters. The average Bonchev–Trinajstić information content (AvgIpc) is 3.22. The second-order valence-electron chi connectivity index (χ2n) is 9.87. The molecule has 0 saturated heterocycles. The third kappa shape index (κ3) is 3.51. The van der Waals surface area contributed by atoms with Gasteiger partial charge in [0, 0.05) is 22.5 Å². The van der Waals surface area contributed by atoms with E-state index < -0.39 is 15.6 Å². The summed E-state index contributed by atoms with van der Waals surface area (Å²) in [4.78, 5) is 0.306. The molecule has 0 amide bonds. The van der Waals surface area contributed by atoms with Crippen molar-refractivity contribution in [3.63, 3.8) is 0 Å². The van der Waals surface area contributed by atoms with Crippen LogP contribution in [0.4, 0.5) is 0 Å². The molecule has 0 spiro atoms. The lowest BCUT2D eigenvalue weighted by molar-refractivity contribution is 0.0825. The Labute approximate surface area is 196 Å². The van der Waals surface area contributed by atoms with Crippen molar-refractivity contribution in [3.05, 3.63) is 102 Å². The smallest absolute Gasteiger partial charge is 0.268 e. The molecule has 1 aliphatic carbocycles. The Kier molecular flexibility index (Phi) is 5.22. The van der Waals surface area contributed by atoms with Gasteiger partial charge in [0.05, 0.1) is 10.4 Å². The maximum absolute atomic E-state index is 13.8. The van der Waals surface area contributed by atoms with Crippen molar-refractivity contribution in [3.8, 4) is 0 Å². The lowest BCUT2D eigenvalue weighted by Gasteiger charge is -2.50. The van der Waals surface area contributed by atoms with Crippen LogP contribution >= 0.6 is 0 Å². The van der Waals surface area contributed by atoms with Crippen LogP contribution in [0.25, 0.3) is 10.9 Å². The van der Waals surface area contributed by atoms with Crippen LogP contribution < -0.4 is 5.73 Å². The van der Waals surface area contributed by atoms with Crippen molar-refractivity contribution in [2.45, 2.75) is 49.5 Å². The van der Waals surface area contributed by atoms with E-state index in [2.05, 4.69) is 32.0 Å². The van der Waals surface area contributed by atoms with Gasteiger partial charge in [-0.2, -0.15) is 0 Å². The molecule has 5 heteroatoms. The van der Waals surface area contributed by atoms with E-state index in [0.717, 1.165) is 41.4 Å². The summed E-state index contributed by atoms with van der Waals surface area (Å²) in [6.45, 7) is 4.43. The number of benzene rings is 3. The van der Waals surface area contributed by atoms with Crippen LogP contribution in [0.2, 0.25) is 0 Å². The van der Waals surface area contributed by atoms with Crippen LogP contribution in [0, 0.1) is 5.41 Å². The Morgan fingerprint density at radius 1 is 0.879 bits per heavy atom. The summed E-state index contributed by atoms with van der Waals surface area (Å²) in [5.74, 6) is 0.0891. The first kappa shape index (κ1) is 21.9. The number of aromatic nitrogens is 1. The molecule has 1 fully saturated rings. The Bertz CT molecular complexity index is 1390. The Morgan fingerprint density at radius 3 is 2.15 bits per heavy atom. The van der Waals surface area contributed by atoms with Gasteiger partial charge in [-0.25, -0.2) is 12.4 Å². The summed E-state index contributed by atoms with van der Waals surface area (Å²) in [6.07, 6.45) is 2.43. The number of rotatable bonds is 4. The van der Waals surface area contributed by atoms with Crippen molar-refractivity contribution in [2.75, 3.05) is 0 Å². The second kappa shape index (κ2) is 7.86. The van der Waals surface area contributed by atoms with Gasteiger partial charge in [0.1, 0.15) is 0 Å². The molecule has 4 aromatic rings. The summed E-state index contributed by atoms with van der Waals surface area (Å²) in [5.41, 5.74) is 9.11. The van der Waals surface area contributed by atoms with E-state index in [1.54, 1.807) is 28.2 Å². The van der Waals surface area contributed by atoms with Gasteiger partial charge < -0.3 is 5.73 Å². The van der Waals surface area contributed by atoms with Crippen LogP contribution in [0.5, 0.6) is 0 Å². The molecule has 1 aromatic heterocycles. The van der Waals surface area contributed by atoms with Gasteiger partial charge in [0.2, 0.25) is 0 Å². The Hall–Kier alpha value is -2.89. The third-order valence-electron chi connectivity index (χ3n) is 7.53. The van der Waals surface area contributed by atoms with Gasteiger partial charge in [-0.1, -0.05) is 80.6 Å². The highest BCUT2D eigenvalue weighted by Crippen LogP contribution is 2.53. The van der Waals surface area contributed by atoms with E-state index in [4.69, 9.17) is 5.73 Å². The number of nitrogens with two attached hydrogens (primary N) is 1. The number of hydrogen-bond donors (Lipinski definition) is 1. The molecular weight excluding hydrogens is 428 g/mol. The molecule has 4 nitrogen and oxygen atoms in total. The number of nitrogens with zero attached hydrogens (tertiary/aromatic N) is 1. The second-order valence-corrected chi connectivity index (χ2v) is 11.7. The molecule has 33 heavy (non-hydrogen) atoms. The zero-order valence-electron chi connectivity index (χ0n) is 19.1. The van der Waals surface area contributed by atoms with E-state index in [-0.39, 0.29) is 11.3 Å². The molecule has 2 N–H and O–H groups in total. The molecule has 3 aromatic carbocycles. The first-order valence-corrected chi connectivity index (χ1v) is 12.9. The predicted octanol–water partition coefficient (Wildman–Crippen LogP) is 6.03. The molecule has 0 radical (unpaired) electrons. The van der Waals surface area contributed by atoms with E-state index in [1.807, 2.05) is 48.5 Å². The monoisotopic (exact) mass is 458 g/mol. The van der Waals surface area contributed by atoms with Crippen LogP contribution in [-0.2, 0) is 15.6 Å². The highest BCUT2D eigenvalue weighted by Gasteiger charge is 2.48. The maximum atomic E-state index is 13.8. The molecule has 5 rings (SSSR count). The van der Waals surface area contributed by atoms with E-state index in [1.165, 1.54) is 0 Å². The van der Waals surface area contributed by atoms with Gasteiger partial charge >= 0.3 is 0 Å². The fourth-order valence-electron chi connectivity index (χ4n) is 5.56. The number of para-hydroxylation sites is 1. The van der Waals surface area contributed by atoms with E-state index in [9.17, 15) is 8.42 Å².